The Labute approximate surface area is 129 Å². The number of nitrogens with one attached hydrogen (secondary N) is 1. The molecule has 1 fully saturated rings. The molecule has 112 valence electrons. The number of hydrogen-bond donors (Lipinski definition) is 1. The van der Waals surface area contributed by atoms with Crippen LogP contribution in [0.3, 0.4) is 0 Å². The van der Waals surface area contributed by atoms with Crippen molar-refractivity contribution in [1.29, 1.82) is 0 Å². The van der Waals surface area contributed by atoms with Crippen molar-refractivity contribution in [2.45, 2.75) is 38.3 Å². The standard InChI is InChI=1S/C16H21N3OS/c1-2-17-15(12-7-4-3-5-8-12)16-19-18-14(21-16)11-13-9-6-10-20-13/h3-5,7-8,13,15,17H,2,6,9-11H2,1H3. The number of rotatable bonds is 6. The highest BCUT2D eigenvalue weighted by molar-refractivity contribution is 7.11. The molecule has 21 heavy (non-hydrogen) atoms. The molecule has 0 aliphatic carbocycles. The van der Waals surface area contributed by atoms with E-state index in [2.05, 4.69) is 46.7 Å². The van der Waals surface area contributed by atoms with E-state index in [4.69, 9.17) is 4.74 Å². The minimum atomic E-state index is 0.131. The highest BCUT2D eigenvalue weighted by Crippen LogP contribution is 2.26. The summed E-state index contributed by atoms with van der Waals surface area (Å²) in [5.74, 6) is 0. The molecule has 2 heterocycles. The van der Waals surface area contributed by atoms with Gasteiger partial charge in [-0.25, -0.2) is 0 Å². The molecular formula is C16H21N3OS. The van der Waals surface area contributed by atoms with Crippen molar-refractivity contribution in [3.8, 4) is 0 Å². The van der Waals surface area contributed by atoms with Crippen molar-refractivity contribution >= 4 is 11.3 Å². The third kappa shape index (κ3) is 3.67. The number of ether oxygens (including phenoxy) is 1. The Morgan fingerprint density at radius 2 is 2.19 bits per heavy atom. The van der Waals surface area contributed by atoms with E-state index in [9.17, 15) is 0 Å². The maximum absolute atomic E-state index is 5.68. The monoisotopic (exact) mass is 303 g/mol. The van der Waals surface area contributed by atoms with Crippen molar-refractivity contribution in [2.24, 2.45) is 0 Å². The lowest BCUT2D eigenvalue weighted by molar-refractivity contribution is 0.111. The Hall–Kier alpha value is -1.30. The summed E-state index contributed by atoms with van der Waals surface area (Å²) in [6, 6.07) is 10.6. The molecular weight excluding hydrogens is 282 g/mol. The molecule has 1 aromatic heterocycles. The number of hydrogen-bond acceptors (Lipinski definition) is 5. The van der Waals surface area contributed by atoms with Crippen molar-refractivity contribution < 1.29 is 4.74 Å². The van der Waals surface area contributed by atoms with Gasteiger partial charge < -0.3 is 10.1 Å². The predicted molar refractivity (Wildman–Crippen MR) is 84.5 cm³/mol. The fourth-order valence-electron chi connectivity index (χ4n) is 2.66. The summed E-state index contributed by atoms with van der Waals surface area (Å²) in [6.45, 7) is 3.91. The zero-order valence-electron chi connectivity index (χ0n) is 12.3. The van der Waals surface area contributed by atoms with E-state index in [1.165, 1.54) is 12.0 Å². The molecule has 0 bridgehead atoms. The summed E-state index contributed by atoms with van der Waals surface area (Å²) in [6.07, 6.45) is 3.54. The average Bonchev–Trinajstić information content (AvgIpc) is 3.18. The highest BCUT2D eigenvalue weighted by Gasteiger charge is 2.21. The van der Waals surface area contributed by atoms with Gasteiger partial charge in [0.25, 0.3) is 0 Å². The molecule has 2 unspecified atom stereocenters. The maximum atomic E-state index is 5.68. The lowest BCUT2D eigenvalue weighted by atomic mass is 10.1. The van der Waals surface area contributed by atoms with Gasteiger partial charge in [0.1, 0.15) is 10.0 Å². The molecule has 1 aliphatic heterocycles. The van der Waals surface area contributed by atoms with Crippen LogP contribution >= 0.6 is 11.3 Å². The Morgan fingerprint density at radius 3 is 2.90 bits per heavy atom. The molecule has 2 aromatic rings. The molecule has 1 aromatic carbocycles. The van der Waals surface area contributed by atoms with E-state index < -0.39 is 0 Å². The fourth-order valence-corrected chi connectivity index (χ4v) is 3.67. The molecule has 0 saturated carbocycles. The van der Waals surface area contributed by atoms with Crippen molar-refractivity contribution in [1.82, 2.24) is 15.5 Å². The van der Waals surface area contributed by atoms with Gasteiger partial charge >= 0.3 is 0 Å². The topological polar surface area (TPSA) is 47.0 Å². The van der Waals surface area contributed by atoms with Crippen LogP contribution in [0, 0.1) is 0 Å². The largest absolute Gasteiger partial charge is 0.378 e. The number of benzene rings is 1. The quantitative estimate of drug-likeness (QED) is 0.891. The van der Waals surface area contributed by atoms with Crippen LogP contribution in [0.15, 0.2) is 30.3 Å². The van der Waals surface area contributed by atoms with Crippen LogP contribution < -0.4 is 5.32 Å². The predicted octanol–water partition coefficient (Wildman–Crippen LogP) is 2.96. The maximum Gasteiger partial charge on any atom is 0.139 e. The van der Waals surface area contributed by atoms with Gasteiger partial charge in [0.15, 0.2) is 0 Å². The minimum absolute atomic E-state index is 0.131. The van der Waals surface area contributed by atoms with Crippen LogP contribution in [0.2, 0.25) is 0 Å². The van der Waals surface area contributed by atoms with Crippen LogP contribution in [0.1, 0.15) is 41.4 Å². The Morgan fingerprint density at radius 1 is 1.33 bits per heavy atom. The first kappa shape index (κ1) is 14.6. The Bertz CT molecular complexity index is 552. The third-order valence-electron chi connectivity index (χ3n) is 3.70. The van der Waals surface area contributed by atoms with E-state index in [1.54, 1.807) is 11.3 Å². The second kappa shape index (κ2) is 7.11. The molecule has 0 amide bonds. The van der Waals surface area contributed by atoms with Gasteiger partial charge in [-0.15, -0.1) is 10.2 Å². The lowest BCUT2D eigenvalue weighted by Crippen LogP contribution is -2.21. The van der Waals surface area contributed by atoms with Crippen LogP contribution in [-0.2, 0) is 11.2 Å². The normalized spacial score (nSPS) is 19.8. The molecule has 4 nitrogen and oxygen atoms in total. The summed E-state index contributed by atoms with van der Waals surface area (Å²) in [7, 11) is 0. The molecule has 0 radical (unpaired) electrons. The highest BCUT2D eigenvalue weighted by atomic mass is 32.1. The van der Waals surface area contributed by atoms with E-state index in [-0.39, 0.29) is 6.04 Å². The van der Waals surface area contributed by atoms with Crippen molar-refractivity contribution in [3.05, 3.63) is 45.9 Å². The molecule has 5 heteroatoms. The van der Waals surface area contributed by atoms with Gasteiger partial charge in [-0.05, 0) is 24.9 Å². The Kier molecular flexibility index (Phi) is 4.95. The molecule has 2 atom stereocenters. The molecule has 0 spiro atoms. The third-order valence-corrected chi connectivity index (χ3v) is 4.71. The van der Waals surface area contributed by atoms with E-state index in [0.29, 0.717) is 6.10 Å². The zero-order chi connectivity index (χ0) is 14.5. The summed E-state index contributed by atoms with van der Waals surface area (Å²) in [4.78, 5) is 0. The molecule has 1 aliphatic rings. The summed E-state index contributed by atoms with van der Waals surface area (Å²) in [5.41, 5.74) is 1.24. The summed E-state index contributed by atoms with van der Waals surface area (Å²) in [5, 5.41) is 14.4. The number of nitrogens with zero attached hydrogens (tertiary/aromatic N) is 2. The second-order valence-electron chi connectivity index (χ2n) is 5.27. The van der Waals surface area contributed by atoms with Gasteiger partial charge in [0.05, 0.1) is 12.1 Å². The van der Waals surface area contributed by atoms with E-state index in [1.807, 2.05) is 6.07 Å². The van der Waals surface area contributed by atoms with E-state index in [0.717, 1.165) is 36.0 Å². The fraction of sp³-hybridized carbons (Fsp3) is 0.500. The minimum Gasteiger partial charge on any atom is -0.378 e. The first-order valence-electron chi connectivity index (χ1n) is 7.59. The number of aromatic nitrogens is 2. The lowest BCUT2D eigenvalue weighted by Gasteiger charge is -2.14. The zero-order valence-corrected chi connectivity index (χ0v) is 13.1. The van der Waals surface area contributed by atoms with Crippen LogP contribution in [0.25, 0.3) is 0 Å². The van der Waals surface area contributed by atoms with Gasteiger partial charge in [-0.2, -0.15) is 0 Å². The van der Waals surface area contributed by atoms with Crippen LogP contribution in [0.5, 0.6) is 0 Å². The summed E-state index contributed by atoms with van der Waals surface area (Å²) < 4.78 is 5.68. The van der Waals surface area contributed by atoms with Crippen molar-refractivity contribution in [2.75, 3.05) is 13.2 Å². The average molecular weight is 303 g/mol. The van der Waals surface area contributed by atoms with Gasteiger partial charge in [0.2, 0.25) is 0 Å². The summed E-state index contributed by atoms with van der Waals surface area (Å²) >= 11 is 1.70. The van der Waals surface area contributed by atoms with Crippen LogP contribution in [0.4, 0.5) is 0 Å². The first-order valence-corrected chi connectivity index (χ1v) is 8.40. The van der Waals surface area contributed by atoms with Crippen LogP contribution in [-0.4, -0.2) is 29.5 Å². The Balaban J connectivity index is 1.75. The van der Waals surface area contributed by atoms with E-state index >= 15 is 0 Å². The van der Waals surface area contributed by atoms with Gasteiger partial charge in [0, 0.05) is 13.0 Å². The smallest absolute Gasteiger partial charge is 0.139 e. The molecule has 1 saturated heterocycles. The SMILES string of the molecule is CCNC(c1ccccc1)c1nnc(CC2CCCO2)s1. The van der Waals surface area contributed by atoms with Gasteiger partial charge in [-0.3, -0.25) is 0 Å². The van der Waals surface area contributed by atoms with Crippen molar-refractivity contribution in [3.63, 3.8) is 0 Å². The van der Waals surface area contributed by atoms with Gasteiger partial charge in [-0.1, -0.05) is 48.6 Å². The molecule has 3 rings (SSSR count). The molecule has 1 N–H and O–H groups in total. The second-order valence-corrected chi connectivity index (χ2v) is 6.37. The first-order chi connectivity index (χ1) is 10.4.